The predicted octanol–water partition coefficient (Wildman–Crippen LogP) is 2.63. The average Bonchev–Trinajstić information content (AvgIpc) is 2.25. The first-order valence-corrected chi connectivity index (χ1v) is 4.50. The minimum Gasteiger partial charge on any atom is -0.497 e. The minimum absolute atomic E-state index is 0.559. The van der Waals surface area contributed by atoms with Gasteiger partial charge in [0.15, 0.2) is 6.10 Å². The summed E-state index contributed by atoms with van der Waals surface area (Å²) in [5.74, 6) is 0.619. The maximum absolute atomic E-state index is 11.9. The number of alkyl halides is 3. The van der Waals surface area contributed by atoms with Crippen LogP contribution >= 0.6 is 0 Å². The van der Waals surface area contributed by atoms with Crippen LogP contribution in [-0.4, -0.2) is 24.5 Å². The Morgan fingerprint density at radius 1 is 1.25 bits per heavy atom. The van der Waals surface area contributed by atoms with Crippen molar-refractivity contribution in [2.45, 2.75) is 12.3 Å². The molecule has 0 radical (unpaired) electrons. The largest absolute Gasteiger partial charge is 0.497 e. The molecule has 1 N–H and O–H groups in total. The number of benzene rings is 1. The molecule has 0 saturated heterocycles. The molecule has 1 atom stereocenters. The SMILES string of the molecule is COc1ccc(/C=C/[C@H](O)C(F)(F)F)cc1. The van der Waals surface area contributed by atoms with Crippen LogP contribution in [0.2, 0.25) is 0 Å². The van der Waals surface area contributed by atoms with Crippen molar-refractivity contribution in [2.75, 3.05) is 7.11 Å². The molecule has 0 bridgehead atoms. The molecular weight excluding hydrogens is 221 g/mol. The van der Waals surface area contributed by atoms with Gasteiger partial charge in [-0.05, 0) is 23.8 Å². The van der Waals surface area contributed by atoms with E-state index in [9.17, 15) is 13.2 Å². The molecule has 2 nitrogen and oxygen atoms in total. The number of aliphatic hydroxyl groups excluding tert-OH is 1. The Balaban J connectivity index is 2.69. The van der Waals surface area contributed by atoms with Crippen molar-refractivity contribution in [3.63, 3.8) is 0 Å². The van der Waals surface area contributed by atoms with E-state index in [-0.39, 0.29) is 0 Å². The Kier molecular flexibility index (Phi) is 3.95. The summed E-state index contributed by atoms with van der Waals surface area (Å²) < 4.78 is 40.7. The summed E-state index contributed by atoms with van der Waals surface area (Å²) in [5.41, 5.74) is 0.559. The molecule has 0 aliphatic rings. The van der Waals surface area contributed by atoms with E-state index in [1.54, 1.807) is 24.3 Å². The highest BCUT2D eigenvalue weighted by atomic mass is 19.4. The number of halogens is 3. The third kappa shape index (κ3) is 3.58. The van der Waals surface area contributed by atoms with Crippen LogP contribution in [0.15, 0.2) is 30.3 Å². The number of hydrogen-bond donors (Lipinski definition) is 1. The number of rotatable bonds is 3. The van der Waals surface area contributed by atoms with Crippen molar-refractivity contribution < 1.29 is 23.0 Å². The predicted molar refractivity (Wildman–Crippen MR) is 54.1 cm³/mol. The van der Waals surface area contributed by atoms with Gasteiger partial charge in [-0.1, -0.05) is 18.2 Å². The van der Waals surface area contributed by atoms with Crippen LogP contribution in [0.1, 0.15) is 5.56 Å². The van der Waals surface area contributed by atoms with E-state index in [1.165, 1.54) is 13.2 Å². The van der Waals surface area contributed by atoms with Gasteiger partial charge in [0.05, 0.1) is 7.11 Å². The summed E-state index contributed by atoms with van der Waals surface area (Å²) in [4.78, 5) is 0. The molecule has 0 aliphatic carbocycles. The lowest BCUT2D eigenvalue weighted by molar-refractivity contribution is -0.187. The van der Waals surface area contributed by atoms with E-state index < -0.39 is 12.3 Å². The lowest BCUT2D eigenvalue weighted by Gasteiger charge is -2.09. The van der Waals surface area contributed by atoms with Crippen LogP contribution in [-0.2, 0) is 0 Å². The second-order valence-corrected chi connectivity index (χ2v) is 3.12. The molecule has 0 unspecified atom stereocenters. The van der Waals surface area contributed by atoms with Gasteiger partial charge < -0.3 is 9.84 Å². The zero-order valence-electron chi connectivity index (χ0n) is 8.53. The molecule has 0 aliphatic heterocycles. The van der Waals surface area contributed by atoms with Crippen molar-refractivity contribution in [3.05, 3.63) is 35.9 Å². The molecule has 1 aromatic rings. The van der Waals surface area contributed by atoms with Crippen molar-refractivity contribution in [2.24, 2.45) is 0 Å². The fourth-order valence-corrected chi connectivity index (χ4v) is 1.03. The van der Waals surface area contributed by atoms with Gasteiger partial charge in [0, 0.05) is 0 Å². The molecule has 88 valence electrons. The maximum atomic E-state index is 11.9. The number of ether oxygens (including phenoxy) is 1. The van der Waals surface area contributed by atoms with Gasteiger partial charge in [-0.25, -0.2) is 0 Å². The van der Waals surface area contributed by atoms with Crippen LogP contribution in [0.5, 0.6) is 5.75 Å². The van der Waals surface area contributed by atoms with Crippen molar-refractivity contribution in [3.8, 4) is 5.75 Å². The zero-order valence-corrected chi connectivity index (χ0v) is 8.53. The van der Waals surface area contributed by atoms with Crippen LogP contribution in [0.3, 0.4) is 0 Å². The zero-order chi connectivity index (χ0) is 12.2. The number of aliphatic hydroxyl groups is 1. The molecule has 1 aromatic carbocycles. The highest BCUT2D eigenvalue weighted by Gasteiger charge is 2.35. The van der Waals surface area contributed by atoms with Crippen LogP contribution in [0.4, 0.5) is 13.2 Å². The summed E-state index contributed by atoms with van der Waals surface area (Å²) in [6.07, 6.45) is -5.16. The number of hydrogen-bond acceptors (Lipinski definition) is 2. The molecule has 1 rings (SSSR count). The molecule has 0 aromatic heterocycles. The van der Waals surface area contributed by atoms with Gasteiger partial charge in [-0.2, -0.15) is 13.2 Å². The van der Waals surface area contributed by atoms with Gasteiger partial charge in [0.2, 0.25) is 0 Å². The minimum atomic E-state index is -4.62. The summed E-state index contributed by atoms with van der Waals surface area (Å²) in [7, 11) is 1.50. The Labute approximate surface area is 91.0 Å². The van der Waals surface area contributed by atoms with Gasteiger partial charge in [0.1, 0.15) is 5.75 Å². The second kappa shape index (κ2) is 5.03. The average molecular weight is 232 g/mol. The fourth-order valence-electron chi connectivity index (χ4n) is 1.03. The first-order chi connectivity index (χ1) is 7.43. The molecule has 16 heavy (non-hydrogen) atoms. The van der Waals surface area contributed by atoms with Gasteiger partial charge in [-0.3, -0.25) is 0 Å². The Morgan fingerprint density at radius 3 is 2.25 bits per heavy atom. The summed E-state index contributed by atoms with van der Waals surface area (Å²) in [6, 6.07) is 6.44. The van der Waals surface area contributed by atoms with Crippen LogP contribution < -0.4 is 4.74 Å². The third-order valence-electron chi connectivity index (χ3n) is 1.92. The molecule has 0 spiro atoms. The van der Waals surface area contributed by atoms with E-state index in [4.69, 9.17) is 9.84 Å². The number of methoxy groups -OCH3 is 1. The summed E-state index contributed by atoms with van der Waals surface area (Å²) in [5, 5.41) is 8.71. The first-order valence-electron chi connectivity index (χ1n) is 4.50. The molecular formula is C11H11F3O2. The van der Waals surface area contributed by atoms with Crippen LogP contribution in [0, 0.1) is 0 Å². The van der Waals surface area contributed by atoms with Gasteiger partial charge >= 0.3 is 6.18 Å². The topological polar surface area (TPSA) is 29.5 Å². The fraction of sp³-hybridized carbons (Fsp3) is 0.273. The summed E-state index contributed by atoms with van der Waals surface area (Å²) in [6.45, 7) is 0. The van der Waals surface area contributed by atoms with Crippen molar-refractivity contribution >= 4 is 6.08 Å². The summed E-state index contributed by atoms with van der Waals surface area (Å²) >= 11 is 0. The molecule has 0 fully saturated rings. The van der Waals surface area contributed by atoms with Crippen molar-refractivity contribution in [1.82, 2.24) is 0 Å². The van der Waals surface area contributed by atoms with E-state index in [0.717, 1.165) is 0 Å². The molecule has 5 heteroatoms. The highest BCUT2D eigenvalue weighted by Crippen LogP contribution is 2.21. The smallest absolute Gasteiger partial charge is 0.417 e. The monoisotopic (exact) mass is 232 g/mol. The standard InChI is InChI=1S/C11H11F3O2/c1-16-9-5-2-8(3-6-9)4-7-10(15)11(12,13)14/h2-7,10,15H,1H3/b7-4+/t10-/m0/s1. The maximum Gasteiger partial charge on any atom is 0.417 e. The van der Waals surface area contributed by atoms with E-state index >= 15 is 0 Å². The highest BCUT2D eigenvalue weighted by molar-refractivity contribution is 5.51. The third-order valence-corrected chi connectivity index (χ3v) is 1.92. The quantitative estimate of drug-likeness (QED) is 0.868. The van der Waals surface area contributed by atoms with Crippen molar-refractivity contribution in [1.29, 1.82) is 0 Å². The van der Waals surface area contributed by atoms with E-state index in [2.05, 4.69) is 0 Å². The molecule has 0 amide bonds. The Bertz CT molecular complexity index is 354. The normalized spacial score (nSPS) is 14.1. The molecule has 0 saturated carbocycles. The lowest BCUT2D eigenvalue weighted by atomic mass is 10.2. The Morgan fingerprint density at radius 2 is 1.81 bits per heavy atom. The second-order valence-electron chi connectivity index (χ2n) is 3.12. The first kappa shape index (κ1) is 12.6. The van der Waals surface area contributed by atoms with Gasteiger partial charge in [0.25, 0.3) is 0 Å². The molecule has 0 heterocycles. The Hall–Kier alpha value is -1.49. The van der Waals surface area contributed by atoms with E-state index in [1.807, 2.05) is 0 Å². The van der Waals surface area contributed by atoms with Gasteiger partial charge in [-0.15, -0.1) is 0 Å². The lowest BCUT2D eigenvalue weighted by Crippen LogP contribution is -2.25. The van der Waals surface area contributed by atoms with Crippen LogP contribution in [0.25, 0.3) is 6.08 Å². The van der Waals surface area contributed by atoms with E-state index in [0.29, 0.717) is 17.4 Å².